The predicted octanol–water partition coefficient (Wildman–Crippen LogP) is 3.90. The Morgan fingerprint density at radius 3 is 2.38 bits per heavy atom. The monoisotopic (exact) mass is 350 g/mol. The molecule has 0 unspecified atom stereocenters. The molecule has 0 aliphatic carbocycles. The molecule has 0 aliphatic rings. The van der Waals surface area contributed by atoms with E-state index in [-0.39, 0.29) is 11.3 Å². The summed E-state index contributed by atoms with van der Waals surface area (Å²) in [5.74, 6) is -1.17. The van der Waals surface area contributed by atoms with E-state index >= 15 is 0 Å². The highest BCUT2D eigenvalue weighted by Crippen LogP contribution is 2.24. The molecule has 6 heteroatoms. The third-order valence-corrected chi connectivity index (χ3v) is 4.18. The number of nitrogens with one attached hydrogen (secondary N) is 1. The molecule has 2 N–H and O–H groups in total. The van der Waals surface area contributed by atoms with Crippen molar-refractivity contribution in [1.82, 2.24) is 4.57 Å². The molecule has 6 nitrogen and oxygen atoms in total. The minimum Gasteiger partial charge on any atom is -0.477 e. The van der Waals surface area contributed by atoms with Crippen LogP contribution in [0.4, 0.5) is 10.5 Å². The number of benzene rings is 2. The Balaban J connectivity index is 2.14. The molecule has 3 rings (SSSR count). The van der Waals surface area contributed by atoms with Gasteiger partial charge in [0.05, 0.1) is 5.52 Å². The SMILES string of the molecule is CC(C)c1ccccc1NC(=O)n1cc(C(=O)O)c(=O)c2ccccc21. The first kappa shape index (κ1) is 17.4. The lowest BCUT2D eigenvalue weighted by atomic mass is 10.0. The molecule has 0 fully saturated rings. The van der Waals surface area contributed by atoms with Gasteiger partial charge < -0.3 is 10.4 Å². The maximum Gasteiger partial charge on any atom is 0.341 e. The van der Waals surface area contributed by atoms with Crippen molar-refractivity contribution in [2.45, 2.75) is 19.8 Å². The maximum atomic E-state index is 12.8. The summed E-state index contributed by atoms with van der Waals surface area (Å²) in [5.41, 5.74) is 0.898. The standard InChI is InChI=1S/C20H18N2O4/c1-12(2)13-7-3-5-9-16(13)21-20(26)22-11-15(19(24)25)18(23)14-8-4-6-10-17(14)22/h3-12H,1-2H3,(H,21,26)(H,24,25). The Bertz CT molecular complexity index is 1070. The van der Waals surface area contributed by atoms with Gasteiger partial charge in [-0.15, -0.1) is 0 Å². The zero-order valence-electron chi connectivity index (χ0n) is 14.4. The van der Waals surface area contributed by atoms with Crippen LogP contribution in [0.25, 0.3) is 10.9 Å². The molecule has 132 valence electrons. The van der Waals surface area contributed by atoms with Crippen LogP contribution in [0.15, 0.2) is 59.5 Å². The number of carbonyl (C=O) groups is 2. The summed E-state index contributed by atoms with van der Waals surface area (Å²) in [6.45, 7) is 4.03. The summed E-state index contributed by atoms with van der Waals surface area (Å²) >= 11 is 0. The number of amides is 1. The van der Waals surface area contributed by atoms with Gasteiger partial charge in [0.15, 0.2) is 0 Å². The molecule has 0 radical (unpaired) electrons. The van der Waals surface area contributed by atoms with Crippen LogP contribution in [0.3, 0.4) is 0 Å². The lowest BCUT2D eigenvalue weighted by Crippen LogP contribution is -2.26. The van der Waals surface area contributed by atoms with Gasteiger partial charge in [-0.05, 0) is 29.7 Å². The van der Waals surface area contributed by atoms with Crippen LogP contribution in [-0.4, -0.2) is 21.7 Å². The van der Waals surface area contributed by atoms with Gasteiger partial charge in [-0.1, -0.05) is 44.2 Å². The average Bonchev–Trinajstić information content (AvgIpc) is 2.62. The molecule has 0 bridgehead atoms. The number of pyridine rings is 1. The van der Waals surface area contributed by atoms with E-state index in [0.717, 1.165) is 16.3 Å². The third kappa shape index (κ3) is 3.09. The first-order valence-electron chi connectivity index (χ1n) is 8.18. The second kappa shape index (κ2) is 6.84. The summed E-state index contributed by atoms with van der Waals surface area (Å²) in [4.78, 5) is 36.6. The van der Waals surface area contributed by atoms with Crippen molar-refractivity contribution in [3.63, 3.8) is 0 Å². The summed E-state index contributed by atoms with van der Waals surface area (Å²) in [7, 11) is 0. The molecular formula is C20H18N2O4. The number of para-hydroxylation sites is 2. The van der Waals surface area contributed by atoms with Crippen molar-refractivity contribution >= 4 is 28.6 Å². The van der Waals surface area contributed by atoms with Crippen LogP contribution in [0.2, 0.25) is 0 Å². The van der Waals surface area contributed by atoms with Crippen molar-refractivity contribution in [3.8, 4) is 0 Å². The molecule has 0 saturated heterocycles. The van der Waals surface area contributed by atoms with Crippen molar-refractivity contribution in [1.29, 1.82) is 0 Å². The average molecular weight is 350 g/mol. The van der Waals surface area contributed by atoms with Crippen LogP contribution in [0.1, 0.15) is 35.7 Å². The van der Waals surface area contributed by atoms with Crippen LogP contribution in [0, 0.1) is 0 Å². The number of carboxylic acids is 1. The van der Waals surface area contributed by atoms with Crippen molar-refractivity contribution < 1.29 is 14.7 Å². The minimum absolute atomic E-state index is 0.180. The number of carbonyl (C=O) groups excluding carboxylic acids is 1. The molecule has 26 heavy (non-hydrogen) atoms. The quantitative estimate of drug-likeness (QED) is 0.750. The lowest BCUT2D eigenvalue weighted by Gasteiger charge is -2.16. The van der Waals surface area contributed by atoms with Gasteiger partial charge in [0.1, 0.15) is 5.56 Å². The van der Waals surface area contributed by atoms with Gasteiger partial charge >= 0.3 is 12.0 Å². The molecular weight excluding hydrogens is 332 g/mol. The normalized spacial score (nSPS) is 10.9. The van der Waals surface area contributed by atoms with Crippen LogP contribution >= 0.6 is 0 Å². The van der Waals surface area contributed by atoms with Crippen molar-refractivity contribution in [3.05, 3.63) is 76.1 Å². The maximum absolute atomic E-state index is 12.8. The van der Waals surface area contributed by atoms with Gasteiger partial charge in [0.2, 0.25) is 5.43 Å². The fourth-order valence-electron chi connectivity index (χ4n) is 2.89. The smallest absolute Gasteiger partial charge is 0.341 e. The van der Waals surface area contributed by atoms with Crippen LogP contribution in [0.5, 0.6) is 0 Å². The minimum atomic E-state index is -1.37. The Morgan fingerprint density at radius 2 is 1.69 bits per heavy atom. The van der Waals surface area contributed by atoms with E-state index in [4.69, 9.17) is 0 Å². The number of aromatic nitrogens is 1. The summed E-state index contributed by atoms with van der Waals surface area (Å²) in [6, 6.07) is 13.3. The van der Waals surface area contributed by atoms with Crippen molar-refractivity contribution in [2.24, 2.45) is 0 Å². The zero-order valence-corrected chi connectivity index (χ0v) is 14.4. The topological polar surface area (TPSA) is 88.4 Å². The van der Waals surface area contributed by atoms with Gasteiger partial charge in [-0.25, -0.2) is 9.59 Å². The number of nitrogens with zero attached hydrogens (tertiary/aromatic N) is 1. The van der Waals surface area contributed by atoms with Gasteiger partial charge in [-0.2, -0.15) is 0 Å². The van der Waals surface area contributed by atoms with E-state index in [2.05, 4.69) is 5.32 Å². The number of carboxylic acid groups (broad SMARTS) is 1. The summed E-state index contributed by atoms with van der Waals surface area (Å²) in [6.07, 6.45) is 1.07. The summed E-state index contributed by atoms with van der Waals surface area (Å²) in [5, 5.41) is 12.3. The van der Waals surface area contributed by atoms with Gasteiger partial charge in [0.25, 0.3) is 0 Å². The molecule has 1 amide bonds. The molecule has 1 heterocycles. The number of rotatable bonds is 3. The number of anilines is 1. The van der Waals surface area contributed by atoms with Gasteiger partial charge in [-0.3, -0.25) is 9.36 Å². The fraction of sp³-hybridized carbons (Fsp3) is 0.150. The highest BCUT2D eigenvalue weighted by atomic mass is 16.4. The lowest BCUT2D eigenvalue weighted by molar-refractivity contribution is 0.0695. The van der Waals surface area contributed by atoms with E-state index in [9.17, 15) is 19.5 Å². The molecule has 0 saturated carbocycles. The first-order chi connectivity index (χ1) is 12.4. The Hall–Kier alpha value is -3.41. The predicted molar refractivity (Wildman–Crippen MR) is 100 cm³/mol. The van der Waals surface area contributed by atoms with E-state index < -0.39 is 23.0 Å². The molecule has 0 spiro atoms. The number of hydrogen-bond acceptors (Lipinski definition) is 3. The highest BCUT2D eigenvalue weighted by molar-refractivity contribution is 6.01. The second-order valence-corrected chi connectivity index (χ2v) is 6.24. The third-order valence-electron chi connectivity index (χ3n) is 4.18. The van der Waals surface area contributed by atoms with Crippen LogP contribution in [-0.2, 0) is 0 Å². The van der Waals surface area contributed by atoms with E-state index in [1.54, 1.807) is 24.3 Å². The van der Waals surface area contributed by atoms with E-state index in [0.29, 0.717) is 11.2 Å². The molecule has 3 aromatic rings. The molecule has 0 atom stereocenters. The van der Waals surface area contributed by atoms with Crippen molar-refractivity contribution in [2.75, 3.05) is 5.32 Å². The summed E-state index contributed by atoms with van der Waals surface area (Å²) < 4.78 is 1.16. The Morgan fingerprint density at radius 1 is 1.04 bits per heavy atom. The Kier molecular flexibility index (Phi) is 4.58. The largest absolute Gasteiger partial charge is 0.477 e. The second-order valence-electron chi connectivity index (χ2n) is 6.24. The van der Waals surface area contributed by atoms with E-state index in [1.165, 1.54) is 6.07 Å². The molecule has 1 aromatic heterocycles. The fourth-order valence-corrected chi connectivity index (χ4v) is 2.89. The zero-order chi connectivity index (χ0) is 18.8. The highest BCUT2D eigenvalue weighted by Gasteiger charge is 2.18. The molecule has 0 aliphatic heterocycles. The number of hydrogen-bond donors (Lipinski definition) is 2. The Labute approximate surface area is 149 Å². The first-order valence-corrected chi connectivity index (χ1v) is 8.18. The number of aromatic carboxylic acids is 1. The number of fused-ring (bicyclic) bond motifs is 1. The van der Waals surface area contributed by atoms with Crippen LogP contribution < -0.4 is 10.7 Å². The molecule has 2 aromatic carbocycles. The van der Waals surface area contributed by atoms with E-state index in [1.807, 2.05) is 32.0 Å². The van der Waals surface area contributed by atoms with Gasteiger partial charge in [0, 0.05) is 17.3 Å².